The van der Waals surface area contributed by atoms with Gasteiger partial charge in [-0.05, 0) is 57.6 Å². The molecule has 1 fully saturated rings. The van der Waals surface area contributed by atoms with Gasteiger partial charge in [-0.3, -0.25) is 4.79 Å². The van der Waals surface area contributed by atoms with Crippen molar-refractivity contribution in [2.75, 3.05) is 13.6 Å². The van der Waals surface area contributed by atoms with Gasteiger partial charge in [-0.15, -0.1) is 0 Å². The van der Waals surface area contributed by atoms with Crippen LogP contribution >= 0.6 is 0 Å². The van der Waals surface area contributed by atoms with Crippen molar-refractivity contribution in [1.29, 1.82) is 0 Å². The number of rotatable bonds is 1. The summed E-state index contributed by atoms with van der Waals surface area (Å²) in [5.74, 6) is -0.534. The van der Waals surface area contributed by atoms with Crippen LogP contribution in [0.5, 0.6) is 11.5 Å². The molecule has 124 valence electrons. The molecule has 1 aromatic carbocycles. The monoisotopic (exact) mass is 317 g/mol. The number of nitrogens with zero attached hydrogens (tertiary/aromatic N) is 1. The Hall–Kier alpha value is -1.85. The molecule has 1 saturated heterocycles. The van der Waals surface area contributed by atoms with Crippen molar-refractivity contribution in [3.05, 3.63) is 35.4 Å². The van der Waals surface area contributed by atoms with Crippen molar-refractivity contribution in [2.45, 2.75) is 43.7 Å². The van der Waals surface area contributed by atoms with Crippen molar-refractivity contribution in [3.63, 3.8) is 0 Å². The average Bonchev–Trinajstić information content (AvgIpc) is 2.50. The number of aromatic hydroxyl groups is 2. The van der Waals surface area contributed by atoms with Gasteiger partial charge in [0, 0.05) is 23.4 Å². The molecule has 0 spiro atoms. The van der Waals surface area contributed by atoms with Crippen LogP contribution in [-0.4, -0.2) is 51.2 Å². The summed E-state index contributed by atoms with van der Waals surface area (Å²) < 4.78 is 0. The Kier molecular flexibility index (Phi) is 3.54. The number of carbonyl (C=O) groups excluding carboxylic acids is 1. The standard InChI is InChI=1S/C18H23NO4/c1-11-4-5-14(21)16(22)15(11)17-8-9-19(3)12(2)18(17,23)7-6-13(20)10-17/h4-7,12,21-23H,8-10H2,1-3H3. The Bertz CT molecular complexity index is 699. The fraction of sp³-hybridized carbons (Fsp3) is 0.500. The number of carbonyl (C=O) groups is 1. The van der Waals surface area contributed by atoms with E-state index in [0.717, 1.165) is 5.56 Å². The van der Waals surface area contributed by atoms with Gasteiger partial charge in [-0.1, -0.05) is 6.07 Å². The van der Waals surface area contributed by atoms with Gasteiger partial charge in [0.2, 0.25) is 0 Å². The van der Waals surface area contributed by atoms with E-state index in [0.29, 0.717) is 18.5 Å². The van der Waals surface area contributed by atoms with Crippen molar-refractivity contribution < 1.29 is 20.1 Å². The van der Waals surface area contributed by atoms with E-state index in [-0.39, 0.29) is 29.7 Å². The van der Waals surface area contributed by atoms with Gasteiger partial charge in [0.25, 0.3) is 0 Å². The van der Waals surface area contributed by atoms with Crippen LogP contribution < -0.4 is 0 Å². The predicted molar refractivity (Wildman–Crippen MR) is 86.6 cm³/mol. The Labute approximate surface area is 135 Å². The highest BCUT2D eigenvalue weighted by molar-refractivity contribution is 5.93. The van der Waals surface area contributed by atoms with Gasteiger partial charge < -0.3 is 20.2 Å². The second kappa shape index (κ2) is 5.08. The van der Waals surface area contributed by atoms with Gasteiger partial charge in [0.1, 0.15) is 5.60 Å². The van der Waals surface area contributed by atoms with Crippen molar-refractivity contribution in [1.82, 2.24) is 4.90 Å². The van der Waals surface area contributed by atoms with E-state index in [4.69, 9.17) is 0 Å². The van der Waals surface area contributed by atoms with Crippen LogP contribution in [0.25, 0.3) is 0 Å². The molecule has 0 bridgehead atoms. The van der Waals surface area contributed by atoms with E-state index in [9.17, 15) is 20.1 Å². The molecule has 1 aliphatic heterocycles. The van der Waals surface area contributed by atoms with Gasteiger partial charge in [0.15, 0.2) is 17.3 Å². The molecular formula is C18H23NO4. The van der Waals surface area contributed by atoms with E-state index in [1.54, 1.807) is 12.1 Å². The van der Waals surface area contributed by atoms with E-state index < -0.39 is 11.0 Å². The highest BCUT2D eigenvalue weighted by atomic mass is 16.3. The number of phenolic OH excluding ortho intramolecular Hbond substituents is 2. The summed E-state index contributed by atoms with van der Waals surface area (Å²) in [7, 11) is 1.94. The lowest BCUT2D eigenvalue weighted by Gasteiger charge is -2.57. The molecule has 1 heterocycles. The topological polar surface area (TPSA) is 81.0 Å². The highest BCUT2D eigenvalue weighted by Gasteiger charge is 2.60. The van der Waals surface area contributed by atoms with Gasteiger partial charge in [0.05, 0.1) is 0 Å². The number of phenols is 2. The number of hydrogen-bond acceptors (Lipinski definition) is 5. The number of ketones is 1. The van der Waals surface area contributed by atoms with E-state index in [1.807, 2.05) is 25.8 Å². The number of fused-ring (bicyclic) bond motifs is 1. The lowest BCUT2D eigenvalue weighted by Crippen LogP contribution is -2.67. The number of piperidine rings is 1. The molecule has 3 atom stereocenters. The first-order chi connectivity index (χ1) is 10.7. The first kappa shape index (κ1) is 16.0. The second-order valence-corrected chi connectivity index (χ2v) is 6.92. The first-order valence-corrected chi connectivity index (χ1v) is 7.89. The number of likely N-dealkylation sites (N-methyl/N-ethyl adjacent to an activating group) is 1. The normalized spacial score (nSPS) is 34.4. The molecule has 3 N–H and O–H groups in total. The maximum Gasteiger partial charge on any atom is 0.161 e. The second-order valence-electron chi connectivity index (χ2n) is 6.92. The van der Waals surface area contributed by atoms with E-state index in [2.05, 4.69) is 0 Å². The zero-order chi connectivity index (χ0) is 17.0. The molecule has 3 unspecified atom stereocenters. The van der Waals surface area contributed by atoms with Crippen LogP contribution in [0.2, 0.25) is 0 Å². The largest absolute Gasteiger partial charge is 0.504 e. The SMILES string of the molecule is Cc1ccc(O)c(O)c1C12CCN(C)C(C)C1(O)C=CC(=O)C2. The van der Waals surface area contributed by atoms with Crippen LogP contribution in [0.1, 0.15) is 30.9 Å². The Morgan fingerprint density at radius 1 is 1.30 bits per heavy atom. The van der Waals surface area contributed by atoms with Crippen LogP contribution in [0.3, 0.4) is 0 Å². The molecule has 0 aromatic heterocycles. The van der Waals surface area contributed by atoms with Gasteiger partial charge in [-0.2, -0.15) is 0 Å². The summed E-state index contributed by atoms with van der Waals surface area (Å²) in [5, 5.41) is 32.0. The minimum Gasteiger partial charge on any atom is -0.504 e. The van der Waals surface area contributed by atoms with Gasteiger partial charge >= 0.3 is 0 Å². The molecule has 0 radical (unpaired) electrons. The summed E-state index contributed by atoms with van der Waals surface area (Å²) in [6.07, 6.45) is 3.65. The van der Waals surface area contributed by atoms with Crippen LogP contribution in [0.15, 0.2) is 24.3 Å². The smallest absolute Gasteiger partial charge is 0.161 e. The van der Waals surface area contributed by atoms with Crippen molar-refractivity contribution in [2.24, 2.45) is 0 Å². The fourth-order valence-electron chi connectivity index (χ4n) is 4.30. The third-order valence-corrected chi connectivity index (χ3v) is 5.80. The number of aliphatic hydroxyl groups is 1. The van der Waals surface area contributed by atoms with Crippen molar-refractivity contribution in [3.8, 4) is 11.5 Å². The van der Waals surface area contributed by atoms with Crippen LogP contribution in [0.4, 0.5) is 0 Å². The predicted octanol–water partition coefficient (Wildman–Crippen LogP) is 1.63. The molecule has 5 nitrogen and oxygen atoms in total. The number of allylic oxidation sites excluding steroid dienone is 1. The van der Waals surface area contributed by atoms with E-state index in [1.165, 1.54) is 12.1 Å². The molecule has 2 aliphatic rings. The molecule has 23 heavy (non-hydrogen) atoms. The quantitative estimate of drug-likeness (QED) is 0.686. The highest BCUT2D eigenvalue weighted by Crippen LogP contribution is 2.55. The Balaban J connectivity index is 2.31. The zero-order valence-electron chi connectivity index (χ0n) is 13.7. The molecule has 1 aromatic rings. The number of likely N-dealkylation sites (tertiary alicyclic amines) is 1. The molecule has 0 amide bonds. The maximum atomic E-state index is 12.2. The fourth-order valence-corrected chi connectivity index (χ4v) is 4.30. The molecule has 3 rings (SSSR count). The molecular weight excluding hydrogens is 294 g/mol. The average molecular weight is 317 g/mol. The van der Waals surface area contributed by atoms with Crippen molar-refractivity contribution >= 4 is 5.78 Å². The molecule has 5 heteroatoms. The summed E-state index contributed by atoms with van der Waals surface area (Å²) >= 11 is 0. The van der Waals surface area contributed by atoms with Gasteiger partial charge in [-0.25, -0.2) is 0 Å². The summed E-state index contributed by atoms with van der Waals surface area (Å²) in [5.41, 5.74) is -0.974. The summed E-state index contributed by atoms with van der Waals surface area (Å²) in [4.78, 5) is 14.2. The minimum absolute atomic E-state index is 0.0754. The third-order valence-electron chi connectivity index (χ3n) is 5.80. The summed E-state index contributed by atoms with van der Waals surface area (Å²) in [6.45, 7) is 4.44. The lowest BCUT2D eigenvalue weighted by atomic mass is 9.55. The van der Waals surface area contributed by atoms with Crippen LogP contribution in [-0.2, 0) is 10.2 Å². The molecule has 1 aliphatic carbocycles. The molecule has 0 saturated carbocycles. The Morgan fingerprint density at radius 2 is 2.00 bits per heavy atom. The van der Waals surface area contributed by atoms with Crippen LogP contribution in [0, 0.1) is 6.92 Å². The Morgan fingerprint density at radius 3 is 2.70 bits per heavy atom. The number of benzene rings is 1. The van der Waals surface area contributed by atoms with E-state index >= 15 is 0 Å². The zero-order valence-corrected chi connectivity index (χ0v) is 13.7. The number of hydrogen-bond donors (Lipinski definition) is 3. The summed E-state index contributed by atoms with van der Waals surface area (Å²) in [6, 6.07) is 2.93. The lowest BCUT2D eigenvalue weighted by molar-refractivity contribution is -0.130. The minimum atomic E-state index is -1.29. The maximum absolute atomic E-state index is 12.2. The third kappa shape index (κ3) is 2.03. The first-order valence-electron chi connectivity index (χ1n) is 7.89. The number of aryl methyl sites for hydroxylation is 1.